The maximum Gasteiger partial charge on any atom is 2.00 e. The Labute approximate surface area is 40.6 Å². The quantitative estimate of drug-likeness (QED) is 0.354. The van der Waals surface area contributed by atoms with Crippen LogP contribution in [0.5, 0.6) is 0 Å². The van der Waals surface area contributed by atoms with Crippen LogP contribution in [0, 0.1) is 6.92 Å². The van der Waals surface area contributed by atoms with Gasteiger partial charge in [0.1, 0.15) is 0 Å². The van der Waals surface area contributed by atoms with E-state index in [1.54, 1.807) is 0 Å². The van der Waals surface area contributed by atoms with Gasteiger partial charge in [0.2, 0.25) is 0 Å². The summed E-state index contributed by atoms with van der Waals surface area (Å²) < 4.78 is 0. The Morgan fingerprint density at radius 1 is 1.75 bits per heavy atom. The van der Waals surface area contributed by atoms with Crippen molar-refractivity contribution in [2.45, 2.75) is 0 Å². The second-order valence-corrected chi connectivity index (χ2v) is 0.289. The molecule has 0 fully saturated rings. The monoisotopic (exact) mass is 147 g/mol. The maximum atomic E-state index is 3.25. The Balaban J connectivity index is 0. The van der Waals surface area contributed by atoms with Gasteiger partial charge in [0.05, 0.1) is 0 Å². The first-order chi connectivity index (χ1) is 1.41. The zero-order valence-electron chi connectivity index (χ0n) is 2.31. The fourth-order valence-corrected chi connectivity index (χ4v) is 0. The van der Waals surface area contributed by atoms with Gasteiger partial charge in [0.15, 0.2) is 0 Å². The van der Waals surface area contributed by atoms with Crippen LogP contribution >= 0.6 is 0 Å². The minimum Gasteiger partial charge on any atom is -0.245 e. The van der Waals surface area contributed by atoms with Gasteiger partial charge in [-0.25, -0.2) is 19.6 Å². The van der Waals surface area contributed by atoms with Gasteiger partial charge in [-0.15, -0.1) is 0 Å². The molecule has 0 amide bonds. The van der Waals surface area contributed by atoms with E-state index in [9.17, 15) is 0 Å². The molecule has 26 valence electrons. The predicted molar refractivity (Wildman–Crippen MR) is 15.6 cm³/mol. The Morgan fingerprint density at radius 3 is 1.75 bits per heavy atom. The first-order valence-corrected chi connectivity index (χ1v) is 0.816. The van der Waals surface area contributed by atoms with Crippen molar-refractivity contribution in [3.63, 3.8) is 0 Å². The van der Waals surface area contributed by atoms with Crippen molar-refractivity contribution in [3.05, 3.63) is 19.6 Å². The van der Waals surface area contributed by atoms with Crippen LogP contribution in [0.1, 0.15) is 0 Å². The summed E-state index contributed by atoms with van der Waals surface area (Å²) in [5, 5.41) is 0. The molecule has 0 bridgehead atoms. The van der Waals surface area contributed by atoms with Crippen LogP contribution in [0.3, 0.4) is 0 Å². The van der Waals surface area contributed by atoms with E-state index < -0.39 is 0 Å². The molecule has 0 aromatic rings. The van der Waals surface area contributed by atoms with Crippen LogP contribution in [0.4, 0.5) is 0 Å². The standard InChI is InChI=1S/C3H5.Pd/c1-3-2;/h3H,1-2H2;/q-1;+2. The van der Waals surface area contributed by atoms with Gasteiger partial charge in [0, 0.05) is 0 Å². The van der Waals surface area contributed by atoms with Crippen molar-refractivity contribution in [1.82, 2.24) is 0 Å². The van der Waals surface area contributed by atoms with E-state index in [4.69, 9.17) is 0 Å². The van der Waals surface area contributed by atoms with Crippen molar-refractivity contribution in [2.24, 2.45) is 0 Å². The number of rotatable bonds is 0. The maximum absolute atomic E-state index is 3.25. The molecule has 0 aromatic carbocycles. The molecule has 1 heteroatoms. The molecule has 0 aliphatic carbocycles. The zero-order valence-corrected chi connectivity index (χ0v) is 3.86. The van der Waals surface area contributed by atoms with Crippen molar-refractivity contribution < 1.29 is 20.4 Å². The summed E-state index contributed by atoms with van der Waals surface area (Å²) in [7, 11) is 0. The molecule has 0 atom stereocenters. The first-order valence-electron chi connectivity index (χ1n) is 0.816. The minimum atomic E-state index is 0. The van der Waals surface area contributed by atoms with E-state index in [1.165, 1.54) is 6.08 Å². The van der Waals surface area contributed by atoms with E-state index >= 15 is 0 Å². The van der Waals surface area contributed by atoms with E-state index in [2.05, 4.69) is 13.5 Å². The third kappa shape index (κ3) is 49.6. The second-order valence-electron chi connectivity index (χ2n) is 0.289. The van der Waals surface area contributed by atoms with E-state index in [-0.39, 0.29) is 20.4 Å². The van der Waals surface area contributed by atoms with Crippen molar-refractivity contribution in [2.75, 3.05) is 0 Å². The molecule has 0 spiro atoms. The third-order valence-corrected chi connectivity index (χ3v) is 0. The molecule has 0 saturated heterocycles. The van der Waals surface area contributed by atoms with Gasteiger partial charge in [-0.05, 0) is 0 Å². The van der Waals surface area contributed by atoms with E-state index in [0.717, 1.165) is 0 Å². The molecule has 0 saturated carbocycles. The molecule has 0 heterocycles. The van der Waals surface area contributed by atoms with E-state index in [0.29, 0.717) is 0 Å². The molecule has 0 aromatic heterocycles. The first kappa shape index (κ1) is 8.86. The summed E-state index contributed by atoms with van der Waals surface area (Å²) in [5.41, 5.74) is 0. The van der Waals surface area contributed by atoms with Gasteiger partial charge >= 0.3 is 20.4 Å². The summed E-state index contributed by atoms with van der Waals surface area (Å²) >= 11 is 0. The van der Waals surface area contributed by atoms with Gasteiger partial charge in [0.25, 0.3) is 0 Å². The summed E-state index contributed by atoms with van der Waals surface area (Å²) in [6.07, 6.45) is 1.50. The molecule has 0 unspecified atom stereocenters. The molecule has 0 radical (unpaired) electrons. The number of hydrogen-bond acceptors (Lipinski definition) is 0. The van der Waals surface area contributed by atoms with Crippen molar-refractivity contribution in [1.29, 1.82) is 0 Å². The topological polar surface area (TPSA) is 0 Å². The van der Waals surface area contributed by atoms with Crippen LogP contribution < -0.4 is 0 Å². The van der Waals surface area contributed by atoms with Crippen LogP contribution in [0.25, 0.3) is 0 Å². The average molecular weight is 147 g/mol. The second kappa shape index (κ2) is 10.4. The van der Waals surface area contributed by atoms with Crippen LogP contribution in [-0.2, 0) is 20.4 Å². The fourth-order valence-electron chi connectivity index (χ4n) is 0. The third-order valence-electron chi connectivity index (χ3n) is 0. The Hall–Kier alpha value is 0.272. The minimum absolute atomic E-state index is 0. The van der Waals surface area contributed by atoms with E-state index in [1.807, 2.05) is 0 Å². The molecular weight excluding hydrogens is 142 g/mol. The normalized spacial score (nSPS) is 3.00. The summed E-state index contributed by atoms with van der Waals surface area (Å²) in [4.78, 5) is 0. The summed E-state index contributed by atoms with van der Waals surface area (Å²) in [5.74, 6) is 0. The summed E-state index contributed by atoms with van der Waals surface area (Å²) in [6.45, 7) is 6.50. The van der Waals surface area contributed by atoms with Gasteiger partial charge in [-0.2, -0.15) is 0 Å². The van der Waals surface area contributed by atoms with Crippen molar-refractivity contribution in [3.8, 4) is 0 Å². The van der Waals surface area contributed by atoms with Gasteiger partial charge in [-0.3, -0.25) is 0 Å². The van der Waals surface area contributed by atoms with Crippen LogP contribution in [-0.4, -0.2) is 0 Å². The molecule has 0 aliphatic rings. The molecular formula is C3H5Pd+. The van der Waals surface area contributed by atoms with Gasteiger partial charge in [-0.1, -0.05) is 0 Å². The Morgan fingerprint density at radius 2 is 1.75 bits per heavy atom. The largest absolute Gasteiger partial charge is 2.00 e. The number of hydrogen-bond donors (Lipinski definition) is 0. The SMILES string of the molecule is C=C[CH2-].[Pd+2]. The predicted octanol–water partition coefficient (Wildman–Crippen LogP) is 1.00. The fraction of sp³-hybridized carbons (Fsp3) is 0. The molecule has 4 heavy (non-hydrogen) atoms. The molecule has 0 nitrogen and oxygen atoms in total. The molecule has 0 N–H and O–H groups in total. The molecule has 0 rings (SSSR count). The molecule has 0 aliphatic heterocycles. The smallest absolute Gasteiger partial charge is 0.245 e. The Bertz CT molecular complexity index is 10.8. The van der Waals surface area contributed by atoms with Crippen LogP contribution in [0.2, 0.25) is 0 Å². The van der Waals surface area contributed by atoms with Gasteiger partial charge < -0.3 is 0 Å². The Kier molecular flexibility index (Phi) is 23.1. The van der Waals surface area contributed by atoms with Crippen LogP contribution in [0.15, 0.2) is 12.7 Å². The average Bonchev–Trinajstić information content (AvgIpc) is 0.918. The number of allylic oxidation sites excluding steroid dienone is 1. The van der Waals surface area contributed by atoms with Crippen molar-refractivity contribution >= 4 is 0 Å². The summed E-state index contributed by atoms with van der Waals surface area (Å²) in [6, 6.07) is 0. The zero-order chi connectivity index (χ0) is 2.71.